The van der Waals surface area contributed by atoms with Crippen molar-refractivity contribution in [2.24, 2.45) is 5.73 Å². The van der Waals surface area contributed by atoms with Crippen LogP contribution in [0.5, 0.6) is 5.75 Å². The van der Waals surface area contributed by atoms with Gasteiger partial charge in [-0.25, -0.2) is 0 Å². The highest BCUT2D eigenvalue weighted by Crippen LogP contribution is 2.40. The normalized spacial score (nSPS) is 13.7. The molecule has 0 bridgehead atoms. The van der Waals surface area contributed by atoms with Crippen LogP contribution in [0.15, 0.2) is 18.2 Å². The summed E-state index contributed by atoms with van der Waals surface area (Å²) in [5.74, 6) is -1.41. The zero-order valence-corrected chi connectivity index (χ0v) is 18.2. The Kier molecular flexibility index (Phi) is 8.78. The molecule has 1 atom stereocenters. The third-order valence-corrected chi connectivity index (χ3v) is 5.59. The van der Waals surface area contributed by atoms with Crippen molar-refractivity contribution in [3.63, 3.8) is 0 Å². The molecule has 0 unspecified atom stereocenters. The van der Waals surface area contributed by atoms with Gasteiger partial charge < -0.3 is 20.3 Å². The van der Waals surface area contributed by atoms with Crippen molar-refractivity contribution >= 4 is 17.3 Å². The SMILES string of the molecule is CCCCCOCCOc1ccc(-c2nnc([C@@](C)(N)CC(=O)O)s2)cc1C(F)(F)F. The summed E-state index contributed by atoms with van der Waals surface area (Å²) in [7, 11) is 0. The first-order valence-electron chi connectivity index (χ1n) is 9.81. The number of carboxylic acids is 1. The van der Waals surface area contributed by atoms with E-state index in [4.69, 9.17) is 20.3 Å². The summed E-state index contributed by atoms with van der Waals surface area (Å²) < 4.78 is 51.4. The molecule has 172 valence electrons. The minimum absolute atomic E-state index is 0.00176. The third kappa shape index (κ3) is 7.44. The van der Waals surface area contributed by atoms with Gasteiger partial charge >= 0.3 is 12.1 Å². The zero-order valence-electron chi connectivity index (χ0n) is 17.4. The maximum absolute atomic E-state index is 13.6. The minimum atomic E-state index is -4.63. The number of halogens is 3. The molecule has 7 nitrogen and oxygen atoms in total. The van der Waals surface area contributed by atoms with Crippen LogP contribution in [-0.2, 0) is 21.2 Å². The van der Waals surface area contributed by atoms with Gasteiger partial charge in [-0.3, -0.25) is 4.79 Å². The number of rotatable bonds is 12. The van der Waals surface area contributed by atoms with Crippen molar-refractivity contribution in [3.05, 3.63) is 28.8 Å². The molecule has 0 radical (unpaired) electrons. The molecule has 0 aliphatic rings. The lowest BCUT2D eigenvalue weighted by molar-refractivity contribution is -0.139. The van der Waals surface area contributed by atoms with Crippen LogP contribution in [0.25, 0.3) is 10.6 Å². The largest absolute Gasteiger partial charge is 0.491 e. The monoisotopic (exact) mass is 461 g/mol. The molecular weight excluding hydrogens is 435 g/mol. The van der Waals surface area contributed by atoms with Crippen molar-refractivity contribution in [2.45, 2.75) is 51.2 Å². The molecule has 0 saturated carbocycles. The Hall–Kier alpha value is -2.24. The van der Waals surface area contributed by atoms with Gasteiger partial charge in [0.1, 0.15) is 22.4 Å². The van der Waals surface area contributed by atoms with Gasteiger partial charge in [-0.2, -0.15) is 13.2 Å². The number of carboxylic acid groups (broad SMARTS) is 1. The van der Waals surface area contributed by atoms with Crippen LogP contribution >= 0.6 is 11.3 Å². The molecule has 0 fully saturated rings. The molecule has 2 rings (SSSR count). The topological polar surface area (TPSA) is 108 Å². The lowest BCUT2D eigenvalue weighted by Gasteiger charge is -2.18. The van der Waals surface area contributed by atoms with E-state index in [9.17, 15) is 18.0 Å². The Labute approximate surface area is 182 Å². The summed E-state index contributed by atoms with van der Waals surface area (Å²) in [4.78, 5) is 11.0. The average molecular weight is 462 g/mol. The van der Waals surface area contributed by atoms with Gasteiger partial charge in [0.2, 0.25) is 0 Å². The molecular formula is C20H26F3N3O4S. The van der Waals surface area contributed by atoms with E-state index in [0.29, 0.717) is 6.61 Å². The fraction of sp³-hybridized carbons (Fsp3) is 0.550. The van der Waals surface area contributed by atoms with Crippen molar-refractivity contribution in [1.29, 1.82) is 0 Å². The fourth-order valence-corrected chi connectivity index (χ4v) is 3.63. The van der Waals surface area contributed by atoms with Gasteiger partial charge in [0.25, 0.3) is 0 Å². The summed E-state index contributed by atoms with van der Waals surface area (Å²) in [5.41, 5.74) is 3.94. The highest BCUT2D eigenvalue weighted by molar-refractivity contribution is 7.14. The Morgan fingerprint density at radius 3 is 2.58 bits per heavy atom. The van der Waals surface area contributed by atoms with Crippen LogP contribution in [0.2, 0.25) is 0 Å². The molecule has 0 saturated heterocycles. The van der Waals surface area contributed by atoms with Crippen molar-refractivity contribution in [2.75, 3.05) is 19.8 Å². The van der Waals surface area contributed by atoms with Crippen LogP contribution in [0.1, 0.15) is 50.1 Å². The molecule has 1 aromatic carbocycles. The van der Waals surface area contributed by atoms with Crippen LogP contribution in [0, 0.1) is 0 Å². The Morgan fingerprint density at radius 2 is 1.94 bits per heavy atom. The van der Waals surface area contributed by atoms with Crippen molar-refractivity contribution < 1.29 is 32.5 Å². The molecule has 11 heteroatoms. The predicted molar refractivity (Wildman–Crippen MR) is 110 cm³/mol. The smallest absolute Gasteiger partial charge is 0.419 e. The van der Waals surface area contributed by atoms with Crippen LogP contribution < -0.4 is 10.5 Å². The molecule has 1 aromatic heterocycles. The fourth-order valence-electron chi connectivity index (χ4n) is 2.74. The van der Waals surface area contributed by atoms with E-state index in [1.54, 1.807) is 0 Å². The standard InChI is InChI=1S/C20H26F3N3O4S/c1-3-4-5-8-29-9-10-30-15-7-6-13(11-14(15)20(21,22)23)17-25-26-18(31-17)19(2,24)12-16(27)28/h6-7,11H,3-5,8-10,12,24H2,1-2H3,(H,27,28)/t19-/m0/s1. The first-order chi connectivity index (χ1) is 14.5. The molecule has 0 aliphatic heterocycles. The number of carbonyl (C=O) groups is 1. The molecule has 1 heterocycles. The minimum Gasteiger partial charge on any atom is -0.491 e. The highest BCUT2D eigenvalue weighted by Gasteiger charge is 2.35. The van der Waals surface area contributed by atoms with Gasteiger partial charge in [-0.15, -0.1) is 10.2 Å². The number of unbranched alkanes of at least 4 members (excludes halogenated alkanes) is 2. The first kappa shape index (κ1) is 25.0. The van der Waals surface area contributed by atoms with Gasteiger partial charge in [0.15, 0.2) is 0 Å². The highest BCUT2D eigenvalue weighted by atomic mass is 32.1. The van der Waals surface area contributed by atoms with E-state index in [1.165, 1.54) is 19.1 Å². The van der Waals surface area contributed by atoms with Gasteiger partial charge in [0, 0.05) is 12.2 Å². The summed E-state index contributed by atoms with van der Waals surface area (Å²) >= 11 is 0.952. The van der Waals surface area contributed by atoms with Crippen molar-refractivity contribution in [1.82, 2.24) is 10.2 Å². The number of aliphatic carboxylic acids is 1. The average Bonchev–Trinajstić information content (AvgIpc) is 3.17. The Bertz CT molecular complexity index is 872. The van der Waals surface area contributed by atoms with E-state index in [1.807, 2.05) is 0 Å². The zero-order chi connectivity index (χ0) is 23.1. The molecule has 3 N–H and O–H groups in total. The second-order valence-electron chi connectivity index (χ2n) is 7.28. The third-order valence-electron chi connectivity index (χ3n) is 4.34. The number of alkyl halides is 3. The molecule has 0 amide bonds. The summed E-state index contributed by atoms with van der Waals surface area (Å²) in [6.07, 6.45) is -2.03. The second-order valence-corrected chi connectivity index (χ2v) is 8.25. The van der Waals surface area contributed by atoms with E-state index in [2.05, 4.69) is 17.1 Å². The van der Waals surface area contributed by atoms with Gasteiger partial charge in [-0.1, -0.05) is 31.1 Å². The quantitative estimate of drug-likeness (QED) is 0.449. The number of nitrogens with two attached hydrogens (primary N) is 1. The lowest BCUT2D eigenvalue weighted by Crippen LogP contribution is -2.35. The van der Waals surface area contributed by atoms with Crippen LogP contribution in [0.4, 0.5) is 13.2 Å². The van der Waals surface area contributed by atoms with E-state index in [-0.39, 0.29) is 41.0 Å². The number of hydrogen-bond acceptors (Lipinski definition) is 7. The molecule has 31 heavy (non-hydrogen) atoms. The molecule has 0 spiro atoms. The maximum atomic E-state index is 13.6. The summed E-state index contributed by atoms with van der Waals surface area (Å²) in [6.45, 7) is 4.29. The number of hydrogen-bond donors (Lipinski definition) is 2. The first-order valence-corrected chi connectivity index (χ1v) is 10.6. The lowest BCUT2D eigenvalue weighted by atomic mass is 10.0. The molecule has 0 aliphatic carbocycles. The maximum Gasteiger partial charge on any atom is 0.419 e. The van der Waals surface area contributed by atoms with Crippen molar-refractivity contribution in [3.8, 4) is 16.3 Å². The van der Waals surface area contributed by atoms with E-state index < -0.39 is 23.2 Å². The van der Waals surface area contributed by atoms with Crippen LogP contribution in [-0.4, -0.2) is 41.1 Å². The number of benzene rings is 1. The van der Waals surface area contributed by atoms with E-state index >= 15 is 0 Å². The number of ether oxygens (including phenoxy) is 2. The van der Waals surface area contributed by atoms with Gasteiger partial charge in [0.05, 0.1) is 24.1 Å². The van der Waals surface area contributed by atoms with Crippen LogP contribution in [0.3, 0.4) is 0 Å². The Morgan fingerprint density at radius 1 is 1.19 bits per heavy atom. The summed E-state index contributed by atoms with van der Waals surface area (Å²) in [6, 6.07) is 3.62. The number of nitrogens with zero attached hydrogens (tertiary/aromatic N) is 2. The molecule has 2 aromatic rings. The second kappa shape index (κ2) is 10.9. The van der Waals surface area contributed by atoms with Gasteiger partial charge in [-0.05, 0) is 31.5 Å². The number of aromatic nitrogens is 2. The predicted octanol–water partition coefficient (Wildman–Crippen LogP) is 4.46. The summed E-state index contributed by atoms with van der Waals surface area (Å²) in [5, 5.41) is 17.2. The Balaban J connectivity index is 2.14. The van der Waals surface area contributed by atoms with E-state index in [0.717, 1.165) is 36.7 Å².